The van der Waals surface area contributed by atoms with Crippen molar-refractivity contribution in [3.63, 3.8) is 0 Å². The third kappa shape index (κ3) is 3.63. The fraction of sp³-hybridized carbons (Fsp3) is 0.364. The molecular formula is C11H17N3O3S. The highest BCUT2D eigenvalue weighted by atomic mass is 32.2. The van der Waals surface area contributed by atoms with Gasteiger partial charge in [0.1, 0.15) is 6.54 Å². The molecule has 0 bridgehead atoms. The Kier molecular flexibility index (Phi) is 4.18. The second-order valence-electron chi connectivity index (χ2n) is 4.15. The largest absolute Gasteiger partial charge is 0.399 e. The molecule has 0 heterocycles. The van der Waals surface area contributed by atoms with E-state index in [1.54, 1.807) is 38.4 Å². The van der Waals surface area contributed by atoms with Gasteiger partial charge in [0.05, 0.1) is 11.9 Å². The zero-order valence-corrected chi connectivity index (χ0v) is 11.4. The summed E-state index contributed by atoms with van der Waals surface area (Å²) in [5.41, 5.74) is 6.49. The Morgan fingerprint density at radius 3 is 2.11 bits per heavy atom. The van der Waals surface area contributed by atoms with Crippen LogP contribution in [0.4, 0.5) is 11.4 Å². The van der Waals surface area contributed by atoms with Gasteiger partial charge < -0.3 is 10.6 Å². The van der Waals surface area contributed by atoms with E-state index in [0.29, 0.717) is 11.4 Å². The molecule has 0 aromatic heterocycles. The van der Waals surface area contributed by atoms with Gasteiger partial charge in [-0.15, -0.1) is 0 Å². The lowest BCUT2D eigenvalue weighted by Crippen LogP contribution is -2.39. The molecule has 2 N–H and O–H groups in total. The second-order valence-corrected chi connectivity index (χ2v) is 6.06. The molecule has 0 fully saturated rings. The maximum absolute atomic E-state index is 11.7. The van der Waals surface area contributed by atoms with E-state index in [1.807, 2.05) is 0 Å². The first-order valence-electron chi connectivity index (χ1n) is 5.25. The molecule has 0 aliphatic heterocycles. The molecule has 0 radical (unpaired) electrons. The molecule has 0 saturated carbocycles. The SMILES string of the molecule is CN(C)C(=O)CN(c1ccc(N)cc1)S(C)(=O)=O. The van der Waals surface area contributed by atoms with Crippen molar-refractivity contribution in [2.75, 3.05) is 36.9 Å². The third-order valence-corrected chi connectivity index (χ3v) is 3.50. The van der Waals surface area contributed by atoms with Gasteiger partial charge >= 0.3 is 0 Å². The fourth-order valence-electron chi connectivity index (χ4n) is 1.30. The Hall–Kier alpha value is -1.76. The van der Waals surface area contributed by atoms with Crippen molar-refractivity contribution in [2.24, 2.45) is 0 Å². The van der Waals surface area contributed by atoms with E-state index < -0.39 is 10.0 Å². The number of amides is 1. The summed E-state index contributed by atoms with van der Waals surface area (Å²) in [6.07, 6.45) is 1.06. The predicted octanol–water partition coefficient (Wildman–Crippen LogP) is 0.123. The Morgan fingerprint density at radius 1 is 1.22 bits per heavy atom. The molecule has 0 atom stereocenters. The zero-order valence-electron chi connectivity index (χ0n) is 10.6. The Bertz CT molecular complexity index is 523. The highest BCUT2D eigenvalue weighted by Gasteiger charge is 2.21. The van der Waals surface area contributed by atoms with Gasteiger partial charge in [-0.2, -0.15) is 0 Å². The topological polar surface area (TPSA) is 83.7 Å². The van der Waals surface area contributed by atoms with Crippen molar-refractivity contribution >= 4 is 27.3 Å². The first-order chi connectivity index (χ1) is 8.21. The van der Waals surface area contributed by atoms with Crippen molar-refractivity contribution < 1.29 is 13.2 Å². The van der Waals surface area contributed by atoms with Gasteiger partial charge in [0.15, 0.2) is 0 Å². The number of benzene rings is 1. The first-order valence-corrected chi connectivity index (χ1v) is 7.10. The van der Waals surface area contributed by atoms with Crippen LogP contribution in [-0.2, 0) is 14.8 Å². The van der Waals surface area contributed by atoms with Gasteiger partial charge in [0, 0.05) is 19.8 Å². The number of hydrogen-bond acceptors (Lipinski definition) is 4. The van der Waals surface area contributed by atoms with Crippen LogP contribution in [0.3, 0.4) is 0 Å². The Balaban J connectivity index is 3.07. The summed E-state index contributed by atoms with van der Waals surface area (Å²) in [6.45, 7) is -0.226. The van der Waals surface area contributed by atoms with Gasteiger partial charge in [-0.25, -0.2) is 8.42 Å². The van der Waals surface area contributed by atoms with Crippen molar-refractivity contribution in [2.45, 2.75) is 0 Å². The van der Waals surface area contributed by atoms with Gasteiger partial charge in [-0.05, 0) is 24.3 Å². The van der Waals surface area contributed by atoms with E-state index in [4.69, 9.17) is 5.73 Å². The minimum absolute atomic E-state index is 0.226. The quantitative estimate of drug-likeness (QED) is 0.789. The van der Waals surface area contributed by atoms with Crippen LogP contribution < -0.4 is 10.0 Å². The number of nitrogens with zero attached hydrogens (tertiary/aromatic N) is 2. The zero-order chi connectivity index (χ0) is 13.9. The van der Waals surface area contributed by atoms with Crippen molar-refractivity contribution in [1.82, 2.24) is 4.90 Å². The number of nitrogen functional groups attached to an aromatic ring is 1. The molecule has 6 nitrogen and oxygen atoms in total. The number of nitrogens with two attached hydrogens (primary N) is 1. The van der Waals surface area contributed by atoms with E-state index >= 15 is 0 Å². The highest BCUT2D eigenvalue weighted by molar-refractivity contribution is 7.92. The van der Waals surface area contributed by atoms with Crippen LogP contribution in [0.2, 0.25) is 0 Å². The number of hydrogen-bond donors (Lipinski definition) is 1. The lowest BCUT2D eigenvalue weighted by molar-refractivity contribution is -0.127. The number of carbonyl (C=O) groups is 1. The van der Waals surface area contributed by atoms with Gasteiger partial charge in [-0.1, -0.05) is 0 Å². The van der Waals surface area contributed by atoms with Gasteiger partial charge in [0.2, 0.25) is 15.9 Å². The van der Waals surface area contributed by atoms with Crippen LogP contribution in [0.5, 0.6) is 0 Å². The summed E-state index contributed by atoms with van der Waals surface area (Å²) in [7, 11) is -0.364. The Morgan fingerprint density at radius 2 is 1.72 bits per heavy atom. The summed E-state index contributed by atoms with van der Waals surface area (Å²) >= 11 is 0. The molecule has 1 aromatic rings. The van der Waals surface area contributed by atoms with Crippen LogP contribution in [-0.4, -0.2) is 46.1 Å². The number of rotatable bonds is 4. The molecular weight excluding hydrogens is 254 g/mol. The van der Waals surface area contributed by atoms with E-state index in [-0.39, 0.29) is 12.5 Å². The molecule has 18 heavy (non-hydrogen) atoms. The standard InChI is InChI=1S/C11H17N3O3S/c1-13(2)11(15)8-14(18(3,16)17)10-6-4-9(12)5-7-10/h4-7H,8,12H2,1-3H3. The number of likely N-dealkylation sites (N-methyl/N-ethyl adjacent to an activating group) is 1. The van der Waals surface area contributed by atoms with Crippen LogP contribution in [0.1, 0.15) is 0 Å². The van der Waals surface area contributed by atoms with Crippen LogP contribution in [0.25, 0.3) is 0 Å². The molecule has 1 amide bonds. The molecule has 100 valence electrons. The summed E-state index contributed by atoms with van der Waals surface area (Å²) < 4.78 is 24.4. The molecule has 0 spiro atoms. The van der Waals surface area contributed by atoms with Crippen LogP contribution >= 0.6 is 0 Å². The summed E-state index contributed by atoms with van der Waals surface area (Å²) in [5.74, 6) is -0.294. The summed E-state index contributed by atoms with van der Waals surface area (Å²) in [4.78, 5) is 13.0. The highest BCUT2D eigenvalue weighted by Crippen LogP contribution is 2.18. The average molecular weight is 271 g/mol. The average Bonchev–Trinajstić information content (AvgIpc) is 2.25. The molecule has 0 unspecified atom stereocenters. The van der Waals surface area contributed by atoms with E-state index in [0.717, 1.165) is 10.6 Å². The smallest absolute Gasteiger partial charge is 0.242 e. The Labute approximate surface area is 107 Å². The van der Waals surface area contributed by atoms with E-state index in [1.165, 1.54) is 4.90 Å². The van der Waals surface area contributed by atoms with E-state index in [2.05, 4.69) is 0 Å². The minimum Gasteiger partial charge on any atom is -0.399 e. The molecule has 1 rings (SSSR count). The normalized spacial score (nSPS) is 11.1. The molecule has 0 aliphatic rings. The van der Waals surface area contributed by atoms with Gasteiger partial charge in [-0.3, -0.25) is 9.10 Å². The van der Waals surface area contributed by atoms with Gasteiger partial charge in [0.25, 0.3) is 0 Å². The predicted molar refractivity (Wildman–Crippen MR) is 71.7 cm³/mol. The summed E-state index contributed by atoms with van der Waals surface area (Å²) in [6, 6.07) is 6.32. The minimum atomic E-state index is -3.51. The first kappa shape index (κ1) is 14.3. The fourth-order valence-corrected chi connectivity index (χ4v) is 2.15. The lowest BCUT2D eigenvalue weighted by atomic mass is 10.3. The second kappa shape index (κ2) is 5.26. The van der Waals surface area contributed by atoms with Crippen LogP contribution in [0, 0.1) is 0 Å². The van der Waals surface area contributed by atoms with Crippen molar-refractivity contribution in [3.05, 3.63) is 24.3 Å². The molecule has 0 saturated heterocycles. The van der Waals surface area contributed by atoms with E-state index in [9.17, 15) is 13.2 Å². The molecule has 7 heteroatoms. The maximum atomic E-state index is 11.7. The monoisotopic (exact) mass is 271 g/mol. The van der Waals surface area contributed by atoms with Crippen LogP contribution in [0.15, 0.2) is 24.3 Å². The molecule has 0 aliphatic carbocycles. The number of anilines is 2. The van der Waals surface area contributed by atoms with Crippen molar-refractivity contribution in [1.29, 1.82) is 0 Å². The number of sulfonamides is 1. The third-order valence-electron chi connectivity index (χ3n) is 2.36. The maximum Gasteiger partial charge on any atom is 0.242 e. The van der Waals surface area contributed by atoms with Crippen molar-refractivity contribution in [3.8, 4) is 0 Å². The molecule has 1 aromatic carbocycles. The number of carbonyl (C=O) groups excluding carboxylic acids is 1. The lowest BCUT2D eigenvalue weighted by Gasteiger charge is -2.23. The summed E-state index contributed by atoms with van der Waals surface area (Å²) in [5, 5.41) is 0.